The van der Waals surface area contributed by atoms with Crippen LogP contribution in [0.15, 0.2) is 71.4 Å². The summed E-state index contributed by atoms with van der Waals surface area (Å²) in [5, 5.41) is 6.82. The van der Waals surface area contributed by atoms with Crippen LogP contribution in [0.4, 0.5) is 0 Å². The van der Waals surface area contributed by atoms with Crippen molar-refractivity contribution < 1.29 is 14.3 Å². The summed E-state index contributed by atoms with van der Waals surface area (Å²) >= 11 is 3.09. The lowest BCUT2D eigenvalue weighted by Crippen LogP contribution is -2.32. The third kappa shape index (κ3) is 5.15. The molecule has 1 amide bonds. The van der Waals surface area contributed by atoms with E-state index in [9.17, 15) is 9.59 Å². The first-order chi connectivity index (χ1) is 12.7. The summed E-state index contributed by atoms with van der Waals surface area (Å²) < 4.78 is 5.03. The number of esters is 1. The standard InChI is InChI=1S/C20H17NO3S2/c22-18(14-24-19(23)11-10-16-8-4-12-25-16)21-20(17-9-5-13-26-17)15-6-2-1-3-7-15/h1-13,20H,14H2,(H,21,22)/b11-10+/t20-/m0/s1. The summed E-state index contributed by atoms with van der Waals surface area (Å²) in [6.07, 6.45) is 3.00. The summed E-state index contributed by atoms with van der Waals surface area (Å²) in [6.45, 7) is -0.317. The molecule has 132 valence electrons. The molecule has 0 saturated heterocycles. The van der Waals surface area contributed by atoms with E-state index in [1.807, 2.05) is 65.4 Å². The van der Waals surface area contributed by atoms with Crippen LogP contribution < -0.4 is 5.32 Å². The molecule has 2 heterocycles. The van der Waals surface area contributed by atoms with Gasteiger partial charge in [-0.2, -0.15) is 0 Å². The van der Waals surface area contributed by atoms with E-state index in [-0.39, 0.29) is 18.6 Å². The van der Waals surface area contributed by atoms with Gasteiger partial charge in [-0.1, -0.05) is 42.5 Å². The monoisotopic (exact) mass is 383 g/mol. The summed E-state index contributed by atoms with van der Waals surface area (Å²) in [5.74, 6) is -0.883. The van der Waals surface area contributed by atoms with E-state index in [1.54, 1.807) is 17.4 Å². The summed E-state index contributed by atoms with van der Waals surface area (Å²) in [6, 6.07) is 17.2. The van der Waals surface area contributed by atoms with Gasteiger partial charge in [-0.25, -0.2) is 4.79 Å². The highest BCUT2D eigenvalue weighted by molar-refractivity contribution is 7.10. The predicted molar refractivity (Wildman–Crippen MR) is 105 cm³/mol. The van der Waals surface area contributed by atoms with Crippen molar-refractivity contribution >= 4 is 40.6 Å². The number of hydrogen-bond donors (Lipinski definition) is 1. The molecule has 1 atom stereocenters. The van der Waals surface area contributed by atoms with Crippen LogP contribution in [-0.2, 0) is 14.3 Å². The molecular weight excluding hydrogens is 366 g/mol. The summed E-state index contributed by atoms with van der Waals surface area (Å²) in [5.41, 5.74) is 0.979. The van der Waals surface area contributed by atoms with Gasteiger partial charge in [-0.3, -0.25) is 4.79 Å². The fourth-order valence-electron chi connectivity index (χ4n) is 2.34. The zero-order chi connectivity index (χ0) is 18.2. The number of benzene rings is 1. The number of ether oxygens (including phenoxy) is 1. The average Bonchev–Trinajstić information content (AvgIpc) is 3.37. The third-order valence-corrected chi connectivity index (χ3v) is 5.31. The van der Waals surface area contributed by atoms with E-state index in [0.29, 0.717) is 0 Å². The van der Waals surface area contributed by atoms with E-state index in [1.165, 1.54) is 17.4 Å². The van der Waals surface area contributed by atoms with E-state index < -0.39 is 5.97 Å². The molecule has 6 heteroatoms. The molecule has 1 aromatic carbocycles. The fraction of sp³-hybridized carbons (Fsp3) is 0.100. The molecule has 0 aliphatic rings. The first kappa shape index (κ1) is 18.1. The van der Waals surface area contributed by atoms with Crippen molar-refractivity contribution in [3.05, 3.63) is 86.8 Å². The second-order valence-corrected chi connectivity index (χ2v) is 7.34. The number of hydrogen-bond acceptors (Lipinski definition) is 5. The minimum atomic E-state index is -0.541. The highest BCUT2D eigenvalue weighted by Crippen LogP contribution is 2.25. The highest BCUT2D eigenvalue weighted by atomic mass is 32.1. The van der Waals surface area contributed by atoms with Gasteiger partial charge in [-0.15, -0.1) is 22.7 Å². The van der Waals surface area contributed by atoms with Crippen LogP contribution >= 0.6 is 22.7 Å². The van der Waals surface area contributed by atoms with Gasteiger partial charge in [0.05, 0.1) is 6.04 Å². The van der Waals surface area contributed by atoms with Crippen LogP contribution in [0.25, 0.3) is 6.08 Å². The molecule has 0 spiro atoms. The summed E-state index contributed by atoms with van der Waals surface area (Å²) in [7, 11) is 0. The van der Waals surface area contributed by atoms with E-state index in [0.717, 1.165) is 15.3 Å². The average molecular weight is 383 g/mol. The van der Waals surface area contributed by atoms with E-state index in [4.69, 9.17) is 4.74 Å². The van der Waals surface area contributed by atoms with Gasteiger partial charge in [0.25, 0.3) is 5.91 Å². The van der Waals surface area contributed by atoms with Gasteiger partial charge in [0.15, 0.2) is 6.61 Å². The molecule has 0 bridgehead atoms. The third-order valence-electron chi connectivity index (χ3n) is 3.54. The molecule has 0 fully saturated rings. The first-order valence-electron chi connectivity index (χ1n) is 7.98. The lowest BCUT2D eigenvalue weighted by molar-refractivity contribution is -0.143. The lowest BCUT2D eigenvalue weighted by atomic mass is 10.1. The SMILES string of the molecule is O=C(COC(=O)/C=C/c1cccs1)N[C@@H](c1ccccc1)c1cccs1. The zero-order valence-corrected chi connectivity index (χ0v) is 15.5. The number of nitrogens with one attached hydrogen (secondary N) is 1. The summed E-state index contributed by atoms with van der Waals surface area (Å²) in [4.78, 5) is 26.0. The van der Waals surface area contributed by atoms with Crippen molar-refractivity contribution in [2.24, 2.45) is 0 Å². The Morgan fingerprint density at radius 3 is 2.46 bits per heavy atom. The van der Waals surface area contributed by atoms with Crippen molar-refractivity contribution in [2.45, 2.75) is 6.04 Å². The van der Waals surface area contributed by atoms with Crippen molar-refractivity contribution in [3.8, 4) is 0 Å². The molecule has 0 saturated carbocycles. The lowest BCUT2D eigenvalue weighted by Gasteiger charge is -2.18. The van der Waals surface area contributed by atoms with Crippen LogP contribution in [0, 0.1) is 0 Å². The van der Waals surface area contributed by atoms with Gasteiger partial charge in [0, 0.05) is 15.8 Å². The second-order valence-electron chi connectivity index (χ2n) is 5.38. The Balaban J connectivity index is 1.57. The minimum absolute atomic E-state index is 0.260. The Morgan fingerprint density at radius 1 is 1.00 bits per heavy atom. The molecule has 1 N–H and O–H groups in total. The largest absolute Gasteiger partial charge is 0.452 e. The molecule has 0 aliphatic heterocycles. The maximum absolute atomic E-state index is 12.3. The van der Waals surface area contributed by atoms with Gasteiger partial charge in [0.1, 0.15) is 0 Å². The second kappa shape index (κ2) is 9.12. The Kier molecular flexibility index (Phi) is 6.35. The fourth-order valence-corrected chi connectivity index (χ4v) is 3.76. The zero-order valence-electron chi connectivity index (χ0n) is 13.8. The van der Waals surface area contributed by atoms with Crippen LogP contribution in [0.2, 0.25) is 0 Å². The van der Waals surface area contributed by atoms with Crippen LogP contribution in [0.5, 0.6) is 0 Å². The smallest absolute Gasteiger partial charge is 0.331 e. The Hall–Kier alpha value is -2.70. The molecule has 4 nitrogen and oxygen atoms in total. The maximum Gasteiger partial charge on any atom is 0.331 e. The van der Waals surface area contributed by atoms with Gasteiger partial charge in [0.2, 0.25) is 0 Å². The van der Waals surface area contributed by atoms with Crippen molar-refractivity contribution in [1.82, 2.24) is 5.32 Å². The number of rotatable bonds is 7. The maximum atomic E-state index is 12.3. The Bertz CT molecular complexity index is 856. The molecule has 26 heavy (non-hydrogen) atoms. The topological polar surface area (TPSA) is 55.4 Å². The molecule has 3 aromatic rings. The molecule has 0 unspecified atom stereocenters. The van der Waals surface area contributed by atoms with E-state index >= 15 is 0 Å². The molecule has 0 radical (unpaired) electrons. The Morgan fingerprint density at radius 2 is 1.77 bits per heavy atom. The van der Waals surface area contributed by atoms with Crippen molar-refractivity contribution in [1.29, 1.82) is 0 Å². The number of carbonyl (C=O) groups excluding carboxylic acids is 2. The van der Waals surface area contributed by atoms with Crippen molar-refractivity contribution in [3.63, 3.8) is 0 Å². The van der Waals surface area contributed by atoms with Crippen LogP contribution in [-0.4, -0.2) is 18.5 Å². The van der Waals surface area contributed by atoms with Gasteiger partial charge < -0.3 is 10.1 Å². The molecule has 0 aliphatic carbocycles. The van der Waals surface area contributed by atoms with Gasteiger partial charge >= 0.3 is 5.97 Å². The van der Waals surface area contributed by atoms with Crippen molar-refractivity contribution in [2.75, 3.05) is 6.61 Å². The number of amides is 1. The molecule has 3 rings (SSSR count). The molecular formula is C20H17NO3S2. The normalized spacial score (nSPS) is 12.0. The highest BCUT2D eigenvalue weighted by Gasteiger charge is 2.18. The predicted octanol–water partition coefficient (Wildman–Crippen LogP) is 4.27. The van der Waals surface area contributed by atoms with E-state index in [2.05, 4.69) is 5.32 Å². The van der Waals surface area contributed by atoms with Gasteiger partial charge in [-0.05, 0) is 34.5 Å². The number of carbonyl (C=O) groups is 2. The molecule has 2 aromatic heterocycles. The van der Waals surface area contributed by atoms with Crippen LogP contribution in [0.3, 0.4) is 0 Å². The quantitative estimate of drug-likeness (QED) is 0.490. The van der Waals surface area contributed by atoms with Crippen LogP contribution in [0.1, 0.15) is 21.4 Å². The minimum Gasteiger partial charge on any atom is -0.452 e. The Labute approximate surface area is 159 Å². The first-order valence-corrected chi connectivity index (χ1v) is 9.74. The number of thiophene rings is 2.